The fourth-order valence-corrected chi connectivity index (χ4v) is 7.85. The van der Waals surface area contributed by atoms with Crippen LogP contribution in [0.2, 0.25) is 0 Å². The van der Waals surface area contributed by atoms with Gasteiger partial charge in [-0.3, -0.25) is 0 Å². The highest BCUT2D eigenvalue weighted by atomic mass is 32.2. The van der Waals surface area contributed by atoms with Crippen LogP contribution in [-0.4, -0.2) is 62.3 Å². The molecule has 0 bridgehead atoms. The van der Waals surface area contributed by atoms with Crippen LogP contribution in [-0.2, 0) is 10.0 Å². The number of sulfonamides is 1. The van der Waals surface area contributed by atoms with Gasteiger partial charge in [-0.1, -0.05) is 0 Å². The summed E-state index contributed by atoms with van der Waals surface area (Å²) in [6.07, 6.45) is 3.88. The third kappa shape index (κ3) is 4.92. The smallest absolute Gasteiger partial charge is 0.243 e. The van der Waals surface area contributed by atoms with E-state index >= 15 is 0 Å². The van der Waals surface area contributed by atoms with Crippen molar-refractivity contribution in [1.82, 2.24) is 9.21 Å². The Morgan fingerprint density at radius 2 is 1.55 bits per heavy atom. The maximum absolute atomic E-state index is 13.5. The van der Waals surface area contributed by atoms with E-state index in [0.717, 1.165) is 61.8 Å². The Bertz CT molecular complexity index is 1080. The molecule has 0 N–H and O–H groups in total. The summed E-state index contributed by atoms with van der Waals surface area (Å²) in [5.74, 6) is 0.782. The number of nitrogens with zero attached hydrogens (tertiary/aromatic N) is 3. The second-order valence-corrected chi connectivity index (χ2v) is 12.1. The van der Waals surface area contributed by atoms with Crippen molar-refractivity contribution in [3.8, 4) is 0 Å². The Balaban J connectivity index is 1.10. The minimum atomic E-state index is -3.56. The molecule has 178 valence electrons. The monoisotopic (exact) mass is 493 g/mol. The van der Waals surface area contributed by atoms with Crippen LogP contribution in [0.25, 0.3) is 0 Å². The van der Waals surface area contributed by atoms with Crippen LogP contribution in [0, 0.1) is 17.6 Å². The molecule has 0 amide bonds. The van der Waals surface area contributed by atoms with Crippen molar-refractivity contribution >= 4 is 27.5 Å². The zero-order valence-corrected chi connectivity index (χ0v) is 20.1. The Hall–Kier alpha value is -1.68. The molecule has 0 aromatic heterocycles. The number of hydrogen-bond donors (Lipinski definition) is 0. The van der Waals surface area contributed by atoms with Crippen LogP contribution in [0.15, 0.2) is 52.3 Å². The van der Waals surface area contributed by atoms with Gasteiger partial charge < -0.3 is 9.80 Å². The Labute approximate surface area is 198 Å². The van der Waals surface area contributed by atoms with Gasteiger partial charge in [0.2, 0.25) is 10.0 Å². The quantitative estimate of drug-likeness (QED) is 0.618. The maximum atomic E-state index is 13.5. The Morgan fingerprint density at radius 3 is 2.24 bits per heavy atom. The lowest BCUT2D eigenvalue weighted by atomic mass is 9.95. The van der Waals surface area contributed by atoms with Gasteiger partial charge in [-0.25, -0.2) is 17.2 Å². The molecule has 2 saturated heterocycles. The van der Waals surface area contributed by atoms with Crippen LogP contribution >= 0.6 is 11.8 Å². The first-order chi connectivity index (χ1) is 15.9. The van der Waals surface area contributed by atoms with Gasteiger partial charge >= 0.3 is 0 Å². The lowest BCUT2D eigenvalue weighted by Gasteiger charge is -2.40. The molecule has 0 unspecified atom stereocenters. The molecule has 0 radical (unpaired) electrons. The third-order valence-corrected chi connectivity index (χ3v) is 10.1. The second-order valence-electron chi connectivity index (χ2n) is 9.19. The number of likely N-dealkylation sites (tertiary alicyclic amines) is 1. The van der Waals surface area contributed by atoms with Crippen LogP contribution in [0.3, 0.4) is 0 Å². The van der Waals surface area contributed by atoms with E-state index in [0.29, 0.717) is 25.0 Å². The molecule has 2 aromatic carbocycles. The van der Waals surface area contributed by atoms with E-state index in [1.165, 1.54) is 28.6 Å². The standard InChI is InChI=1S/C24H29F2N3O2S2/c25-19-1-4-22(5-2-19)33(30,31)28-13-7-18(8-14-28)16-27-11-9-21(10-12-27)29-17-32-24-15-20(26)3-6-23(24)29/h1-6,15,18,21H,7-14,16-17H2. The molecule has 5 nitrogen and oxygen atoms in total. The molecule has 0 aliphatic carbocycles. The molecule has 2 fully saturated rings. The highest BCUT2D eigenvalue weighted by Crippen LogP contribution is 2.41. The van der Waals surface area contributed by atoms with Gasteiger partial charge in [0.05, 0.1) is 16.5 Å². The number of hydrogen-bond acceptors (Lipinski definition) is 5. The molecule has 0 saturated carbocycles. The molecule has 33 heavy (non-hydrogen) atoms. The van der Waals surface area contributed by atoms with E-state index in [-0.39, 0.29) is 10.7 Å². The van der Waals surface area contributed by atoms with E-state index in [2.05, 4.69) is 9.80 Å². The number of anilines is 1. The summed E-state index contributed by atoms with van der Waals surface area (Å²) in [5.41, 5.74) is 1.16. The number of halogens is 2. The largest absolute Gasteiger partial charge is 0.358 e. The third-order valence-electron chi connectivity index (χ3n) is 7.13. The summed E-state index contributed by atoms with van der Waals surface area (Å²) >= 11 is 1.71. The van der Waals surface area contributed by atoms with Crippen molar-refractivity contribution in [1.29, 1.82) is 0 Å². The maximum Gasteiger partial charge on any atom is 0.243 e. The van der Waals surface area contributed by atoms with E-state index < -0.39 is 15.8 Å². The molecule has 3 heterocycles. The first kappa shape index (κ1) is 23.1. The molecule has 2 aromatic rings. The second kappa shape index (κ2) is 9.52. The first-order valence-corrected chi connectivity index (χ1v) is 14.0. The zero-order chi connectivity index (χ0) is 23.0. The Kier molecular flexibility index (Phi) is 6.66. The summed E-state index contributed by atoms with van der Waals surface area (Å²) in [6, 6.07) is 10.7. The van der Waals surface area contributed by atoms with Gasteiger partial charge in [-0.2, -0.15) is 4.31 Å². The van der Waals surface area contributed by atoms with Crippen LogP contribution in [0.5, 0.6) is 0 Å². The molecule has 0 atom stereocenters. The van der Waals surface area contributed by atoms with Crippen LogP contribution in [0.4, 0.5) is 14.5 Å². The topological polar surface area (TPSA) is 43.9 Å². The molecule has 3 aliphatic rings. The molecule has 9 heteroatoms. The zero-order valence-electron chi connectivity index (χ0n) is 18.5. The Morgan fingerprint density at radius 1 is 0.879 bits per heavy atom. The van der Waals surface area contributed by atoms with E-state index in [1.807, 2.05) is 6.07 Å². The van der Waals surface area contributed by atoms with Crippen LogP contribution in [0.1, 0.15) is 25.7 Å². The fourth-order valence-electron chi connectivity index (χ4n) is 5.22. The average molecular weight is 494 g/mol. The number of fused-ring (bicyclic) bond motifs is 1. The van der Waals surface area contributed by atoms with Crippen molar-refractivity contribution in [2.24, 2.45) is 5.92 Å². The molecular weight excluding hydrogens is 464 g/mol. The summed E-state index contributed by atoms with van der Waals surface area (Å²) in [5, 5.41) is 0. The highest BCUT2D eigenvalue weighted by Gasteiger charge is 2.33. The summed E-state index contributed by atoms with van der Waals surface area (Å²) in [4.78, 5) is 6.14. The van der Waals surface area contributed by atoms with Crippen molar-refractivity contribution in [3.05, 3.63) is 54.1 Å². The van der Waals surface area contributed by atoms with Gasteiger partial charge in [0.1, 0.15) is 11.6 Å². The van der Waals surface area contributed by atoms with Gasteiger partial charge in [0.25, 0.3) is 0 Å². The number of thioether (sulfide) groups is 1. The van der Waals surface area contributed by atoms with Crippen LogP contribution < -0.4 is 4.90 Å². The average Bonchev–Trinajstić information content (AvgIpc) is 3.23. The van der Waals surface area contributed by atoms with Crippen molar-refractivity contribution in [2.75, 3.05) is 43.5 Å². The lowest BCUT2D eigenvalue weighted by Crippen LogP contribution is -2.47. The lowest BCUT2D eigenvalue weighted by molar-refractivity contribution is 0.152. The SMILES string of the molecule is O=S(=O)(c1ccc(F)cc1)N1CCC(CN2CCC(N3CSc4cc(F)ccc43)CC2)CC1. The van der Waals surface area contributed by atoms with Crippen molar-refractivity contribution in [2.45, 2.75) is 41.5 Å². The number of benzene rings is 2. The summed E-state index contributed by atoms with van der Waals surface area (Å²) in [6.45, 7) is 4.11. The van der Waals surface area contributed by atoms with Gasteiger partial charge in [0.15, 0.2) is 0 Å². The predicted molar refractivity (Wildman–Crippen MR) is 127 cm³/mol. The van der Waals surface area contributed by atoms with Gasteiger partial charge in [0, 0.05) is 43.7 Å². The minimum Gasteiger partial charge on any atom is -0.358 e. The molecule has 0 spiro atoms. The number of rotatable bonds is 5. The highest BCUT2D eigenvalue weighted by molar-refractivity contribution is 7.99. The van der Waals surface area contributed by atoms with Crippen molar-refractivity contribution < 1.29 is 17.2 Å². The van der Waals surface area contributed by atoms with E-state index in [9.17, 15) is 17.2 Å². The molecule has 5 rings (SSSR count). The van der Waals surface area contributed by atoms with Crippen molar-refractivity contribution in [3.63, 3.8) is 0 Å². The van der Waals surface area contributed by atoms with E-state index in [1.54, 1.807) is 23.9 Å². The normalized spacial score (nSPS) is 21.5. The molecule has 3 aliphatic heterocycles. The first-order valence-electron chi connectivity index (χ1n) is 11.6. The fraction of sp³-hybridized carbons (Fsp3) is 0.500. The summed E-state index contributed by atoms with van der Waals surface area (Å²) < 4.78 is 53.9. The van der Waals surface area contributed by atoms with Gasteiger partial charge in [-0.15, -0.1) is 11.8 Å². The van der Waals surface area contributed by atoms with E-state index in [4.69, 9.17) is 0 Å². The predicted octanol–water partition coefficient (Wildman–Crippen LogP) is 4.40. The number of piperidine rings is 2. The summed E-state index contributed by atoms with van der Waals surface area (Å²) in [7, 11) is -3.56. The van der Waals surface area contributed by atoms with Gasteiger partial charge in [-0.05, 0) is 74.1 Å². The minimum absolute atomic E-state index is 0.161. The molecular formula is C24H29F2N3O2S2.